The molecule has 0 radical (unpaired) electrons. The van der Waals surface area contributed by atoms with E-state index in [2.05, 4.69) is 64.3 Å². The molecule has 2 nitrogen and oxygen atoms in total. The average Bonchev–Trinajstić information content (AvgIpc) is 2.33. The van der Waals surface area contributed by atoms with Crippen LogP contribution in [-0.2, 0) is 5.41 Å². The van der Waals surface area contributed by atoms with Crippen molar-refractivity contribution in [2.75, 3.05) is 26.2 Å². The third-order valence-corrected chi connectivity index (χ3v) is 3.87. The molecule has 2 N–H and O–H groups in total. The Balaban J connectivity index is 2.68. The van der Waals surface area contributed by atoms with Crippen molar-refractivity contribution in [2.24, 2.45) is 0 Å². The van der Waals surface area contributed by atoms with E-state index < -0.39 is 0 Å². The minimum Gasteiger partial charge on any atom is -0.316 e. The van der Waals surface area contributed by atoms with Gasteiger partial charge in [0, 0.05) is 25.0 Å². The molecule has 0 aliphatic rings. The molecule has 0 amide bonds. The minimum absolute atomic E-state index is 0.175. The van der Waals surface area contributed by atoms with Gasteiger partial charge >= 0.3 is 0 Å². The highest BCUT2D eigenvalue weighted by Crippen LogP contribution is 2.28. The van der Waals surface area contributed by atoms with Gasteiger partial charge in [-0.1, -0.05) is 32.9 Å². The maximum atomic E-state index is 3.56. The number of hydrogen-bond acceptors (Lipinski definition) is 2. The summed E-state index contributed by atoms with van der Waals surface area (Å²) in [6.07, 6.45) is 0. The normalized spacial score (nSPS) is 11.9. The van der Waals surface area contributed by atoms with E-state index in [0.29, 0.717) is 0 Å². The molecule has 1 aromatic carbocycles. The Kier molecular flexibility index (Phi) is 6.02. The Morgan fingerprint density at radius 1 is 0.895 bits per heavy atom. The standard InChI is InChI=1S/C17H30N2/c1-7-18-8-9-19-12-17(5,6)16-11-14(3)13(2)10-15(16)4/h10-11,18-19H,7-9,12H2,1-6H3. The van der Waals surface area contributed by atoms with Crippen LogP contribution in [0.25, 0.3) is 0 Å². The number of nitrogens with one attached hydrogen (secondary N) is 2. The fraction of sp³-hybridized carbons (Fsp3) is 0.647. The summed E-state index contributed by atoms with van der Waals surface area (Å²) in [7, 11) is 0. The van der Waals surface area contributed by atoms with Gasteiger partial charge in [-0.3, -0.25) is 0 Å². The number of benzene rings is 1. The molecule has 1 rings (SSSR count). The molecule has 0 aliphatic heterocycles. The summed E-state index contributed by atoms with van der Waals surface area (Å²) in [6, 6.07) is 4.67. The fourth-order valence-corrected chi connectivity index (χ4v) is 2.54. The van der Waals surface area contributed by atoms with E-state index in [9.17, 15) is 0 Å². The fourth-order valence-electron chi connectivity index (χ4n) is 2.54. The Bertz CT molecular complexity index is 408. The molecule has 0 atom stereocenters. The highest BCUT2D eigenvalue weighted by Gasteiger charge is 2.22. The summed E-state index contributed by atoms with van der Waals surface area (Å²) in [5.74, 6) is 0. The van der Waals surface area contributed by atoms with Crippen molar-refractivity contribution in [2.45, 2.75) is 47.0 Å². The van der Waals surface area contributed by atoms with Crippen LogP contribution in [0.2, 0.25) is 0 Å². The van der Waals surface area contributed by atoms with Gasteiger partial charge in [0.2, 0.25) is 0 Å². The molecule has 0 bridgehead atoms. The molecule has 19 heavy (non-hydrogen) atoms. The average molecular weight is 262 g/mol. The lowest BCUT2D eigenvalue weighted by Gasteiger charge is -2.28. The molecule has 0 unspecified atom stereocenters. The summed E-state index contributed by atoms with van der Waals surface area (Å²) in [6.45, 7) is 17.5. The summed E-state index contributed by atoms with van der Waals surface area (Å²) >= 11 is 0. The van der Waals surface area contributed by atoms with Crippen LogP contribution in [0, 0.1) is 20.8 Å². The molecule has 108 valence electrons. The van der Waals surface area contributed by atoms with Gasteiger partial charge in [0.15, 0.2) is 0 Å². The SMILES string of the molecule is CCNCCNCC(C)(C)c1cc(C)c(C)cc1C. The van der Waals surface area contributed by atoms with Gasteiger partial charge in [0.05, 0.1) is 0 Å². The van der Waals surface area contributed by atoms with Crippen LogP contribution in [0.1, 0.15) is 43.0 Å². The number of hydrogen-bond donors (Lipinski definition) is 2. The Hall–Kier alpha value is -0.860. The Labute approximate surface area is 119 Å². The molecule has 1 aromatic rings. The quantitative estimate of drug-likeness (QED) is 0.738. The lowest BCUT2D eigenvalue weighted by molar-refractivity contribution is 0.464. The Morgan fingerprint density at radius 3 is 2.11 bits per heavy atom. The topological polar surface area (TPSA) is 24.1 Å². The summed E-state index contributed by atoms with van der Waals surface area (Å²) in [4.78, 5) is 0. The number of aryl methyl sites for hydroxylation is 3. The molecular formula is C17H30N2. The highest BCUT2D eigenvalue weighted by molar-refractivity contribution is 5.40. The first kappa shape index (κ1) is 16.2. The van der Waals surface area contributed by atoms with Crippen molar-refractivity contribution < 1.29 is 0 Å². The molecule has 0 aromatic heterocycles. The van der Waals surface area contributed by atoms with E-state index in [1.54, 1.807) is 0 Å². The third kappa shape index (κ3) is 4.63. The maximum absolute atomic E-state index is 3.56. The molecular weight excluding hydrogens is 232 g/mol. The van der Waals surface area contributed by atoms with Crippen molar-refractivity contribution in [3.05, 3.63) is 34.4 Å². The van der Waals surface area contributed by atoms with E-state index >= 15 is 0 Å². The van der Waals surface area contributed by atoms with Gasteiger partial charge in [0.1, 0.15) is 0 Å². The van der Waals surface area contributed by atoms with Crippen molar-refractivity contribution in [3.63, 3.8) is 0 Å². The van der Waals surface area contributed by atoms with Crippen LogP contribution in [0.15, 0.2) is 12.1 Å². The second-order valence-electron chi connectivity index (χ2n) is 6.17. The third-order valence-electron chi connectivity index (χ3n) is 3.87. The van der Waals surface area contributed by atoms with Crippen molar-refractivity contribution in [1.29, 1.82) is 0 Å². The van der Waals surface area contributed by atoms with Gasteiger partial charge in [-0.25, -0.2) is 0 Å². The van der Waals surface area contributed by atoms with Gasteiger partial charge in [-0.2, -0.15) is 0 Å². The molecule has 0 spiro atoms. The predicted octanol–water partition coefficient (Wildman–Crippen LogP) is 3.09. The van der Waals surface area contributed by atoms with E-state index in [0.717, 1.165) is 26.2 Å². The van der Waals surface area contributed by atoms with E-state index in [4.69, 9.17) is 0 Å². The monoisotopic (exact) mass is 262 g/mol. The summed E-state index contributed by atoms with van der Waals surface area (Å²) in [5.41, 5.74) is 5.82. The van der Waals surface area contributed by atoms with Crippen LogP contribution in [0.3, 0.4) is 0 Å². The molecule has 0 saturated carbocycles. The minimum atomic E-state index is 0.175. The number of rotatable bonds is 7. The van der Waals surface area contributed by atoms with Crippen LogP contribution < -0.4 is 10.6 Å². The second kappa shape index (κ2) is 7.06. The first-order chi connectivity index (χ1) is 8.88. The van der Waals surface area contributed by atoms with Crippen LogP contribution in [-0.4, -0.2) is 26.2 Å². The summed E-state index contributed by atoms with van der Waals surface area (Å²) < 4.78 is 0. The van der Waals surface area contributed by atoms with E-state index in [-0.39, 0.29) is 5.41 Å². The number of likely N-dealkylation sites (N-methyl/N-ethyl adjacent to an activating group) is 1. The molecule has 0 heterocycles. The van der Waals surface area contributed by atoms with Gasteiger partial charge in [-0.15, -0.1) is 0 Å². The van der Waals surface area contributed by atoms with Gasteiger partial charge < -0.3 is 10.6 Å². The Morgan fingerprint density at radius 2 is 1.47 bits per heavy atom. The smallest absolute Gasteiger partial charge is 0.00770 e. The zero-order valence-corrected chi connectivity index (χ0v) is 13.5. The van der Waals surface area contributed by atoms with E-state index in [1.807, 2.05) is 0 Å². The van der Waals surface area contributed by atoms with Crippen LogP contribution in [0.5, 0.6) is 0 Å². The van der Waals surface area contributed by atoms with Crippen molar-refractivity contribution >= 4 is 0 Å². The predicted molar refractivity (Wildman–Crippen MR) is 85.1 cm³/mol. The lowest BCUT2D eigenvalue weighted by atomic mass is 9.80. The second-order valence-corrected chi connectivity index (χ2v) is 6.17. The molecule has 0 fully saturated rings. The van der Waals surface area contributed by atoms with Crippen LogP contribution in [0.4, 0.5) is 0 Å². The maximum Gasteiger partial charge on any atom is 0.00770 e. The van der Waals surface area contributed by atoms with Gasteiger partial charge in [0.25, 0.3) is 0 Å². The van der Waals surface area contributed by atoms with Crippen LogP contribution >= 0.6 is 0 Å². The summed E-state index contributed by atoms with van der Waals surface area (Å²) in [5, 5.41) is 6.90. The lowest BCUT2D eigenvalue weighted by Crippen LogP contribution is -2.37. The zero-order valence-electron chi connectivity index (χ0n) is 13.5. The first-order valence-corrected chi connectivity index (χ1v) is 7.38. The molecule has 0 saturated heterocycles. The zero-order chi connectivity index (χ0) is 14.5. The first-order valence-electron chi connectivity index (χ1n) is 7.38. The highest BCUT2D eigenvalue weighted by atomic mass is 14.9. The van der Waals surface area contributed by atoms with Crippen molar-refractivity contribution in [3.8, 4) is 0 Å². The van der Waals surface area contributed by atoms with E-state index in [1.165, 1.54) is 22.3 Å². The van der Waals surface area contributed by atoms with Gasteiger partial charge in [-0.05, 0) is 49.6 Å². The largest absolute Gasteiger partial charge is 0.316 e. The molecule has 2 heteroatoms. The molecule has 0 aliphatic carbocycles. The van der Waals surface area contributed by atoms with Crippen molar-refractivity contribution in [1.82, 2.24) is 10.6 Å².